The Labute approximate surface area is 174 Å². The maximum absolute atomic E-state index is 13.4. The smallest absolute Gasteiger partial charge is 0.234 e. The summed E-state index contributed by atoms with van der Waals surface area (Å²) in [4.78, 5) is 14.4. The van der Waals surface area contributed by atoms with Crippen LogP contribution < -0.4 is 5.32 Å². The number of rotatable bonds is 7. The number of aromatic nitrogens is 3. The third-order valence-electron chi connectivity index (χ3n) is 4.53. The number of nitrogens with one attached hydrogen (secondary N) is 1. The van der Waals surface area contributed by atoms with Crippen LogP contribution in [-0.2, 0) is 4.79 Å². The van der Waals surface area contributed by atoms with Crippen LogP contribution in [0.5, 0.6) is 0 Å². The molecule has 0 spiro atoms. The van der Waals surface area contributed by atoms with Gasteiger partial charge in [0.25, 0.3) is 0 Å². The average Bonchev–Trinajstić information content (AvgIpc) is 3.10. The average molecular weight is 414 g/mol. The van der Waals surface area contributed by atoms with Gasteiger partial charge in [-0.25, -0.2) is 4.39 Å². The van der Waals surface area contributed by atoms with Crippen LogP contribution in [0.2, 0.25) is 0 Å². The normalized spacial score (nSPS) is 12.2. The minimum Gasteiger partial charge on any atom is -0.325 e. The van der Waals surface area contributed by atoms with Gasteiger partial charge in [-0.05, 0) is 69.9 Å². The molecule has 2 aromatic carbocycles. The van der Waals surface area contributed by atoms with Crippen molar-refractivity contribution in [2.24, 2.45) is 0 Å². The largest absolute Gasteiger partial charge is 0.325 e. The van der Waals surface area contributed by atoms with Gasteiger partial charge in [0.1, 0.15) is 5.82 Å². The summed E-state index contributed by atoms with van der Waals surface area (Å²) in [5.74, 6) is 0.472. The molecule has 1 atom stereocenters. The van der Waals surface area contributed by atoms with Crippen LogP contribution in [0.1, 0.15) is 24.4 Å². The number of carbonyl (C=O) groups is 1. The molecule has 0 radical (unpaired) electrons. The lowest BCUT2D eigenvalue weighted by Gasteiger charge is -2.20. The van der Waals surface area contributed by atoms with Gasteiger partial charge in [0, 0.05) is 11.4 Å². The van der Waals surface area contributed by atoms with Crippen molar-refractivity contribution in [2.45, 2.75) is 25.0 Å². The second kappa shape index (κ2) is 9.19. The Kier molecular flexibility index (Phi) is 6.66. The summed E-state index contributed by atoms with van der Waals surface area (Å²) in [7, 11) is 3.91. The van der Waals surface area contributed by atoms with Crippen LogP contribution >= 0.6 is 11.8 Å². The van der Waals surface area contributed by atoms with Crippen molar-refractivity contribution < 1.29 is 9.18 Å². The standard InChI is InChI=1S/C21H24FN5OS/c1-14-6-5-7-17(12-14)23-19(28)13-29-21-25-24-20(15(2)26(3)4)27(21)18-10-8-16(22)9-11-18/h5-12,15H,13H2,1-4H3,(H,23,28)/t15-/m1/s1. The molecule has 0 saturated heterocycles. The first-order valence-electron chi connectivity index (χ1n) is 9.22. The van der Waals surface area contributed by atoms with Crippen molar-refractivity contribution >= 4 is 23.4 Å². The molecule has 6 nitrogen and oxygen atoms in total. The number of hydrogen-bond acceptors (Lipinski definition) is 5. The summed E-state index contributed by atoms with van der Waals surface area (Å²) in [6.07, 6.45) is 0. The number of carbonyl (C=O) groups excluding carboxylic acids is 1. The van der Waals surface area contributed by atoms with E-state index in [1.165, 1.54) is 23.9 Å². The minimum absolute atomic E-state index is 0.0111. The molecule has 0 bridgehead atoms. The number of thioether (sulfide) groups is 1. The van der Waals surface area contributed by atoms with E-state index in [0.717, 1.165) is 22.8 Å². The van der Waals surface area contributed by atoms with Crippen molar-refractivity contribution in [3.05, 3.63) is 65.7 Å². The number of halogens is 1. The van der Waals surface area contributed by atoms with E-state index in [4.69, 9.17) is 0 Å². The van der Waals surface area contributed by atoms with Gasteiger partial charge in [-0.1, -0.05) is 23.9 Å². The van der Waals surface area contributed by atoms with E-state index in [2.05, 4.69) is 15.5 Å². The van der Waals surface area contributed by atoms with Gasteiger partial charge in [-0.15, -0.1) is 10.2 Å². The molecule has 0 saturated carbocycles. The topological polar surface area (TPSA) is 63.1 Å². The molecule has 0 unspecified atom stereocenters. The Morgan fingerprint density at radius 1 is 1.21 bits per heavy atom. The molecule has 29 heavy (non-hydrogen) atoms. The molecule has 1 N–H and O–H groups in total. The first-order valence-corrected chi connectivity index (χ1v) is 10.2. The number of nitrogens with zero attached hydrogens (tertiary/aromatic N) is 4. The van der Waals surface area contributed by atoms with Crippen LogP contribution in [0.3, 0.4) is 0 Å². The molecule has 0 aliphatic heterocycles. The Morgan fingerprint density at radius 3 is 2.59 bits per heavy atom. The number of aryl methyl sites for hydroxylation is 1. The van der Waals surface area contributed by atoms with Gasteiger partial charge in [0.15, 0.2) is 11.0 Å². The highest BCUT2D eigenvalue weighted by Crippen LogP contribution is 2.27. The van der Waals surface area contributed by atoms with E-state index < -0.39 is 0 Å². The molecule has 3 rings (SSSR count). The van der Waals surface area contributed by atoms with E-state index in [1.54, 1.807) is 12.1 Å². The summed E-state index contributed by atoms with van der Waals surface area (Å²) >= 11 is 1.29. The number of benzene rings is 2. The zero-order valence-corrected chi connectivity index (χ0v) is 17.7. The Bertz CT molecular complexity index is 987. The predicted octanol–water partition coefficient (Wildman–Crippen LogP) is 4.07. The lowest BCUT2D eigenvalue weighted by Crippen LogP contribution is -2.21. The Morgan fingerprint density at radius 2 is 1.93 bits per heavy atom. The first kappa shape index (κ1) is 21.0. The van der Waals surface area contributed by atoms with Crippen LogP contribution in [0.25, 0.3) is 5.69 Å². The fraction of sp³-hybridized carbons (Fsp3) is 0.286. The molecular weight excluding hydrogens is 389 g/mol. The molecule has 152 valence electrons. The first-order chi connectivity index (χ1) is 13.8. The van der Waals surface area contributed by atoms with Gasteiger partial charge in [0.05, 0.1) is 11.8 Å². The molecule has 0 fully saturated rings. The summed E-state index contributed by atoms with van der Waals surface area (Å²) < 4.78 is 15.3. The fourth-order valence-corrected chi connectivity index (χ4v) is 3.52. The summed E-state index contributed by atoms with van der Waals surface area (Å²) in [5, 5.41) is 12.1. The number of hydrogen-bond donors (Lipinski definition) is 1. The molecule has 8 heteroatoms. The maximum Gasteiger partial charge on any atom is 0.234 e. The van der Waals surface area contributed by atoms with Gasteiger partial charge < -0.3 is 5.32 Å². The lowest BCUT2D eigenvalue weighted by atomic mass is 10.2. The minimum atomic E-state index is -0.309. The molecule has 1 amide bonds. The van der Waals surface area contributed by atoms with E-state index in [1.807, 2.05) is 61.7 Å². The third-order valence-corrected chi connectivity index (χ3v) is 5.45. The third kappa shape index (κ3) is 5.21. The van der Waals surface area contributed by atoms with E-state index >= 15 is 0 Å². The van der Waals surface area contributed by atoms with E-state index in [-0.39, 0.29) is 23.5 Å². The highest BCUT2D eigenvalue weighted by molar-refractivity contribution is 7.99. The van der Waals surface area contributed by atoms with Crippen molar-refractivity contribution in [2.75, 3.05) is 25.2 Å². The molecule has 3 aromatic rings. The highest BCUT2D eigenvalue weighted by Gasteiger charge is 2.21. The van der Waals surface area contributed by atoms with Crippen molar-refractivity contribution in [3.8, 4) is 5.69 Å². The Balaban J connectivity index is 1.81. The van der Waals surface area contributed by atoms with E-state index in [0.29, 0.717) is 5.16 Å². The number of amides is 1. The van der Waals surface area contributed by atoms with Gasteiger partial charge in [-0.3, -0.25) is 14.3 Å². The van der Waals surface area contributed by atoms with Gasteiger partial charge in [0.2, 0.25) is 5.91 Å². The zero-order chi connectivity index (χ0) is 21.0. The molecule has 1 aromatic heterocycles. The summed E-state index contributed by atoms with van der Waals surface area (Å²) in [6.45, 7) is 3.99. The van der Waals surface area contributed by atoms with Crippen molar-refractivity contribution in [3.63, 3.8) is 0 Å². The maximum atomic E-state index is 13.4. The van der Waals surface area contributed by atoms with Gasteiger partial charge >= 0.3 is 0 Å². The fourth-order valence-electron chi connectivity index (χ4n) is 2.76. The molecule has 0 aliphatic carbocycles. The monoisotopic (exact) mass is 413 g/mol. The van der Waals surface area contributed by atoms with Crippen LogP contribution in [-0.4, -0.2) is 45.4 Å². The highest BCUT2D eigenvalue weighted by atomic mass is 32.2. The Hall–Kier alpha value is -2.71. The number of anilines is 1. The summed E-state index contributed by atoms with van der Waals surface area (Å²) in [5.41, 5.74) is 2.59. The van der Waals surface area contributed by atoms with Crippen LogP contribution in [0, 0.1) is 12.7 Å². The summed E-state index contributed by atoms with van der Waals surface area (Å²) in [6, 6.07) is 13.8. The predicted molar refractivity (Wildman–Crippen MR) is 114 cm³/mol. The van der Waals surface area contributed by atoms with Crippen LogP contribution in [0.15, 0.2) is 53.7 Å². The zero-order valence-electron chi connectivity index (χ0n) is 16.9. The molecule has 0 aliphatic rings. The van der Waals surface area contributed by atoms with E-state index in [9.17, 15) is 9.18 Å². The van der Waals surface area contributed by atoms with Crippen molar-refractivity contribution in [1.29, 1.82) is 0 Å². The van der Waals surface area contributed by atoms with Crippen LogP contribution in [0.4, 0.5) is 10.1 Å². The molecular formula is C21H24FN5OS. The SMILES string of the molecule is Cc1cccc(NC(=O)CSc2nnc([C@@H](C)N(C)C)n2-c2ccc(F)cc2)c1. The second-order valence-electron chi connectivity index (χ2n) is 7.00. The molecule has 1 heterocycles. The quantitative estimate of drug-likeness (QED) is 0.592. The second-order valence-corrected chi connectivity index (χ2v) is 7.94. The lowest BCUT2D eigenvalue weighted by molar-refractivity contribution is -0.113. The van der Waals surface area contributed by atoms with Gasteiger partial charge in [-0.2, -0.15) is 0 Å². The van der Waals surface area contributed by atoms with Crippen molar-refractivity contribution in [1.82, 2.24) is 19.7 Å².